The number of nitrogens with zero attached hydrogens (tertiary/aromatic N) is 1. The Kier molecular flexibility index (Phi) is 4.39. The van der Waals surface area contributed by atoms with E-state index in [2.05, 4.69) is 0 Å². The fourth-order valence-corrected chi connectivity index (χ4v) is 4.02. The molecule has 20 heavy (non-hydrogen) atoms. The highest BCUT2D eigenvalue weighted by atomic mass is 32.2. The van der Waals surface area contributed by atoms with Gasteiger partial charge in [0.25, 0.3) is 0 Å². The summed E-state index contributed by atoms with van der Waals surface area (Å²) < 4.78 is 39.2. The number of sulfonamides is 1. The summed E-state index contributed by atoms with van der Waals surface area (Å²) in [4.78, 5) is 10.6. The Morgan fingerprint density at radius 3 is 2.85 bits per heavy atom. The highest BCUT2D eigenvalue weighted by molar-refractivity contribution is 7.89. The minimum absolute atomic E-state index is 0.0465. The van der Waals surface area contributed by atoms with Gasteiger partial charge in [0.1, 0.15) is 5.82 Å². The summed E-state index contributed by atoms with van der Waals surface area (Å²) in [7, 11) is -3.75. The smallest absolute Gasteiger partial charge is 0.303 e. The number of carboxylic acid groups (broad SMARTS) is 1. The molecule has 1 aromatic rings. The molecule has 0 saturated carbocycles. The van der Waals surface area contributed by atoms with Crippen molar-refractivity contribution < 1.29 is 22.7 Å². The summed E-state index contributed by atoms with van der Waals surface area (Å²) in [5, 5.41) is 8.79. The molecule has 2 rings (SSSR count). The average molecular weight is 301 g/mol. The van der Waals surface area contributed by atoms with Crippen molar-refractivity contribution in [1.82, 2.24) is 4.31 Å². The van der Waals surface area contributed by atoms with E-state index in [0.717, 1.165) is 6.07 Å². The molecule has 110 valence electrons. The molecule has 0 aromatic heterocycles. The van der Waals surface area contributed by atoms with Gasteiger partial charge in [-0.05, 0) is 37.0 Å². The van der Waals surface area contributed by atoms with E-state index in [9.17, 15) is 17.6 Å². The van der Waals surface area contributed by atoms with Gasteiger partial charge in [0.2, 0.25) is 10.0 Å². The van der Waals surface area contributed by atoms with Crippen LogP contribution in [-0.4, -0.2) is 36.9 Å². The molecule has 1 heterocycles. The molecule has 5 nitrogen and oxygen atoms in total. The molecule has 0 bridgehead atoms. The number of benzene rings is 1. The zero-order valence-corrected chi connectivity index (χ0v) is 11.6. The molecule has 1 N–H and O–H groups in total. The normalized spacial score (nSPS) is 20.8. The van der Waals surface area contributed by atoms with Gasteiger partial charge in [0.05, 0.1) is 4.90 Å². The summed E-state index contributed by atoms with van der Waals surface area (Å²) in [6.45, 7) is 0.514. The van der Waals surface area contributed by atoms with E-state index in [-0.39, 0.29) is 23.8 Å². The van der Waals surface area contributed by atoms with Crippen molar-refractivity contribution in [2.24, 2.45) is 5.92 Å². The maximum Gasteiger partial charge on any atom is 0.303 e. The van der Waals surface area contributed by atoms with Gasteiger partial charge in [-0.2, -0.15) is 4.31 Å². The monoisotopic (exact) mass is 301 g/mol. The summed E-state index contributed by atoms with van der Waals surface area (Å²) in [6, 6.07) is 4.86. The van der Waals surface area contributed by atoms with Crippen LogP contribution < -0.4 is 0 Å². The average Bonchev–Trinajstić information content (AvgIpc) is 2.38. The Hall–Kier alpha value is -1.47. The zero-order valence-electron chi connectivity index (χ0n) is 10.8. The van der Waals surface area contributed by atoms with Crippen LogP contribution in [0.1, 0.15) is 19.3 Å². The minimum Gasteiger partial charge on any atom is -0.481 e. The van der Waals surface area contributed by atoms with Gasteiger partial charge in [-0.25, -0.2) is 12.8 Å². The first-order chi connectivity index (χ1) is 9.39. The third-order valence-electron chi connectivity index (χ3n) is 3.38. The maximum absolute atomic E-state index is 13.2. The van der Waals surface area contributed by atoms with Crippen LogP contribution in [0.5, 0.6) is 0 Å². The number of hydrogen-bond donors (Lipinski definition) is 1. The maximum atomic E-state index is 13.2. The first-order valence-electron chi connectivity index (χ1n) is 6.37. The Morgan fingerprint density at radius 1 is 1.45 bits per heavy atom. The van der Waals surface area contributed by atoms with E-state index in [1.54, 1.807) is 0 Å². The second kappa shape index (κ2) is 5.88. The van der Waals surface area contributed by atoms with Crippen LogP contribution in [-0.2, 0) is 14.8 Å². The molecule has 0 aliphatic carbocycles. The topological polar surface area (TPSA) is 74.7 Å². The lowest BCUT2D eigenvalue weighted by Gasteiger charge is -2.31. The highest BCUT2D eigenvalue weighted by Crippen LogP contribution is 2.25. The first-order valence-corrected chi connectivity index (χ1v) is 7.81. The van der Waals surface area contributed by atoms with E-state index in [1.807, 2.05) is 0 Å². The van der Waals surface area contributed by atoms with Crippen molar-refractivity contribution in [3.63, 3.8) is 0 Å². The molecule has 0 radical (unpaired) electrons. The number of hydrogen-bond acceptors (Lipinski definition) is 3. The van der Waals surface area contributed by atoms with Gasteiger partial charge in [0, 0.05) is 19.5 Å². The van der Waals surface area contributed by atoms with Crippen LogP contribution >= 0.6 is 0 Å². The quantitative estimate of drug-likeness (QED) is 0.918. The number of rotatable bonds is 4. The molecule has 1 aromatic carbocycles. The van der Waals surface area contributed by atoms with Crippen molar-refractivity contribution in [3.8, 4) is 0 Å². The van der Waals surface area contributed by atoms with Crippen LogP contribution in [0.15, 0.2) is 29.2 Å². The predicted molar refractivity (Wildman–Crippen MR) is 70.1 cm³/mol. The van der Waals surface area contributed by atoms with Crippen molar-refractivity contribution in [2.45, 2.75) is 24.2 Å². The van der Waals surface area contributed by atoms with Crippen LogP contribution in [0, 0.1) is 11.7 Å². The van der Waals surface area contributed by atoms with E-state index >= 15 is 0 Å². The molecule has 1 aliphatic heterocycles. The van der Waals surface area contributed by atoms with Gasteiger partial charge >= 0.3 is 5.97 Å². The lowest BCUT2D eigenvalue weighted by atomic mass is 9.96. The van der Waals surface area contributed by atoms with E-state index < -0.39 is 21.8 Å². The Morgan fingerprint density at radius 2 is 2.20 bits per heavy atom. The molecule has 1 fully saturated rings. The van der Waals surface area contributed by atoms with Gasteiger partial charge in [-0.15, -0.1) is 0 Å². The lowest BCUT2D eigenvalue weighted by molar-refractivity contribution is -0.138. The molecular weight excluding hydrogens is 285 g/mol. The van der Waals surface area contributed by atoms with Gasteiger partial charge in [-0.1, -0.05) is 6.07 Å². The molecule has 0 spiro atoms. The summed E-state index contributed by atoms with van der Waals surface area (Å²) in [6.07, 6.45) is 1.27. The van der Waals surface area contributed by atoms with Crippen molar-refractivity contribution in [1.29, 1.82) is 0 Å². The van der Waals surface area contributed by atoms with Crippen molar-refractivity contribution in [2.75, 3.05) is 13.1 Å². The van der Waals surface area contributed by atoms with Crippen molar-refractivity contribution in [3.05, 3.63) is 30.1 Å². The lowest BCUT2D eigenvalue weighted by Crippen LogP contribution is -2.40. The number of carbonyl (C=O) groups is 1. The molecule has 0 amide bonds. The van der Waals surface area contributed by atoms with Gasteiger partial charge < -0.3 is 5.11 Å². The Balaban J connectivity index is 2.19. The molecular formula is C13H16FNO4S. The fraction of sp³-hybridized carbons (Fsp3) is 0.462. The molecule has 1 atom stereocenters. The van der Waals surface area contributed by atoms with E-state index in [4.69, 9.17) is 5.11 Å². The SMILES string of the molecule is O=C(O)C[C@@H]1CCCN(S(=O)(=O)c2cccc(F)c2)C1. The Bertz CT molecular complexity index is 602. The van der Waals surface area contributed by atoms with Crippen molar-refractivity contribution >= 4 is 16.0 Å². The predicted octanol–water partition coefficient (Wildman–Crippen LogP) is 1.70. The van der Waals surface area contributed by atoms with E-state index in [0.29, 0.717) is 19.4 Å². The Labute approximate surface area is 117 Å². The first kappa shape index (κ1) is 14.9. The second-order valence-electron chi connectivity index (χ2n) is 4.93. The van der Waals surface area contributed by atoms with Crippen LogP contribution in [0.2, 0.25) is 0 Å². The molecule has 1 saturated heterocycles. The number of halogens is 1. The molecule has 1 aliphatic rings. The van der Waals surface area contributed by atoms with Crippen LogP contribution in [0.25, 0.3) is 0 Å². The summed E-state index contributed by atoms with van der Waals surface area (Å²) in [5.41, 5.74) is 0. The van der Waals surface area contributed by atoms with Gasteiger partial charge in [0.15, 0.2) is 0 Å². The molecule has 7 heteroatoms. The number of carboxylic acids is 1. The third kappa shape index (κ3) is 3.34. The number of aliphatic carboxylic acids is 1. The summed E-state index contributed by atoms with van der Waals surface area (Å²) in [5.74, 6) is -1.73. The van der Waals surface area contributed by atoms with Crippen LogP contribution in [0.3, 0.4) is 0 Å². The minimum atomic E-state index is -3.75. The largest absolute Gasteiger partial charge is 0.481 e. The number of piperidine rings is 1. The zero-order chi connectivity index (χ0) is 14.8. The summed E-state index contributed by atoms with van der Waals surface area (Å²) >= 11 is 0. The van der Waals surface area contributed by atoms with E-state index in [1.165, 1.54) is 22.5 Å². The van der Waals surface area contributed by atoms with Crippen LogP contribution in [0.4, 0.5) is 4.39 Å². The molecule has 0 unspecified atom stereocenters. The second-order valence-corrected chi connectivity index (χ2v) is 6.86. The van der Waals surface area contributed by atoms with Gasteiger partial charge in [-0.3, -0.25) is 4.79 Å². The third-order valence-corrected chi connectivity index (χ3v) is 5.24. The standard InChI is InChI=1S/C13H16FNO4S/c14-11-4-1-5-12(8-11)20(18,19)15-6-2-3-10(9-15)7-13(16)17/h1,4-5,8,10H,2-3,6-7,9H2,(H,16,17)/t10-/m0/s1. The highest BCUT2D eigenvalue weighted by Gasteiger charge is 2.31. The fourth-order valence-electron chi connectivity index (χ4n) is 2.44.